The maximum Gasteiger partial charge on any atom is 0.306 e. The lowest BCUT2D eigenvalue weighted by Crippen LogP contribution is -2.63. The minimum atomic E-state index is -1.56. The van der Waals surface area contributed by atoms with Crippen LogP contribution in [-0.4, -0.2) is 108 Å². The minimum Gasteiger partial charge on any atom is -0.481 e. The van der Waals surface area contributed by atoms with Gasteiger partial charge in [-0.05, 0) is 27.9 Å². The van der Waals surface area contributed by atoms with Crippen molar-refractivity contribution in [2.75, 3.05) is 47.8 Å². The highest BCUT2D eigenvalue weighted by atomic mass is 16.4. The van der Waals surface area contributed by atoms with Gasteiger partial charge in [-0.15, -0.1) is 0 Å². The molecule has 0 bridgehead atoms. The van der Waals surface area contributed by atoms with Gasteiger partial charge in [-0.2, -0.15) is 5.10 Å². The topological polar surface area (TPSA) is 114 Å². The van der Waals surface area contributed by atoms with Crippen LogP contribution in [0.2, 0.25) is 0 Å². The Labute approximate surface area is 164 Å². The maximum atomic E-state index is 13.4. The van der Waals surface area contributed by atoms with Gasteiger partial charge in [0.1, 0.15) is 11.0 Å². The molecular weight excluding hydrogens is 366 g/mol. The van der Waals surface area contributed by atoms with Crippen molar-refractivity contribution in [2.24, 2.45) is 10.5 Å². The number of aliphatic carboxylic acids is 1. The molecule has 2 aliphatic heterocycles. The molecule has 3 amide bonds. The molecule has 2 unspecified atom stereocenters. The van der Waals surface area contributed by atoms with Crippen molar-refractivity contribution in [1.29, 1.82) is 0 Å². The predicted octanol–water partition coefficient (Wildman–Crippen LogP) is -0.694. The Morgan fingerprint density at radius 1 is 1.29 bits per heavy atom. The van der Waals surface area contributed by atoms with E-state index in [1.807, 2.05) is 0 Å². The summed E-state index contributed by atoms with van der Waals surface area (Å²) in [5.41, 5.74) is -1.75. The fraction of sp³-hybridized carbons (Fsp3) is 0.722. The second-order valence-corrected chi connectivity index (χ2v) is 8.22. The van der Waals surface area contributed by atoms with Crippen molar-refractivity contribution in [3.8, 4) is 0 Å². The van der Waals surface area contributed by atoms with Crippen molar-refractivity contribution >= 4 is 29.4 Å². The number of hydrazone groups is 1. The lowest BCUT2D eigenvalue weighted by atomic mass is 9.79. The van der Waals surface area contributed by atoms with Crippen LogP contribution in [0.4, 0.5) is 0 Å². The van der Waals surface area contributed by atoms with Crippen molar-refractivity contribution in [3.63, 3.8) is 0 Å². The highest BCUT2D eigenvalue weighted by Crippen LogP contribution is 2.36. The molecule has 156 valence electrons. The van der Waals surface area contributed by atoms with Crippen molar-refractivity contribution < 1.29 is 24.3 Å². The van der Waals surface area contributed by atoms with Crippen molar-refractivity contribution in [1.82, 2.24) is 19.7 Å². The van der Waals surface area contributed by atoms with Gasteiger partial charge in [0, 0.05) is 33.6 Å². The first-order chi connectivity index (χ1) is 12.8. The number of carbonyl (C=O) groups excluding carboxylic acids is 3. The van der Waals surface area contributed by atoms with Crippen LogP contribution >= 0.6 is 0 Å². The molecule has 28 heavy (non-hydrogen) atoms. The third kappa shape index (κ3) is 3.73. The number of rotatable bonds is 6. The van der Waals surface area contributed by atoms with E-state index in [4.69, 9.17) is 0 Å². The highest BCUT2D eigenvalue weighted by molar-refractivity contribution is 6.13. The van der Waals surface area contributed by atoms with Crippen LogP contribution in [0.1, 0.15) is 26.7 Å². The average Bonchev–Trinajstić information content (AvgIpc) is 2.81. The quantitative estimate of drug-likeness (QED) is 0.637. The Kier molecular flexibility index (Phi) is 5.84. The normalized spacial score (nSPS) is 24.0. The Bertz CT molecular complexity index is 736. The van der Waals surface area contributed by atoms with E-state index in [1.54, 1.807) is 33.0 Å². The van der Waals surface area contributed by atoms with E-state index in [-0.39, 0.29) is 24.9 Å². The zero-order valence-electron chi connectivity index (χ0n) is 17.4. The zero-order valence-corrected chi connectivity index (χ0v) is 17.4. The molecular formula is C18H29N5O5. The molecule has 10 nitrogen and oxygen atoms in total. The van der Waals surface area contributed by atoms with E-state index in [1.165, 1.54) is 28.8 Å². The molecule has 0 aliphatic carbocycles. The number of amides is 3. The van der Waals surface area contributed by atoms with Crippen LogP contribution < -0.4 is 0 Å². The molecule has 1 saturated heterocycles. The summed E-state index contributed by atoms with van der Waals surface area (Å²) in [6.07, 6.45) is -0.0969. The van der Waals surface area contributed by atoms with Crippen molar-refractivity contribution in [2.45, 2.75) is 32.2 Å². The van der Waals surface area contributed by atoms with E-state index < -0.39 is 29.3 Å². The third-order valence-electron chi connectivity index (χ3n) is 5.61. The van der Waals surface area contributed by atoms with Crippen LogP contribution in [0.15, 0.2) is 5.10 Å². The Morgan fingerprint density at radius 2 is 1.89 bits per heavy atom. The molecule has 1 fully saturated rings. The standard InChI is InChI=1S/C18H29N5O5/c1-17-11-23(8-7-12(17)19-22(6)15(17)27)16(28)18(2,9-14(25)26)21(5)13(24)10-20(3)4/h7-11H2,1-6H3,(H,25,26). The first-order valence-corrected chi connectivity index (χ1v) is 9.11. The van der Waals surface area contributed by atoms with E-state index in [9.17, 15) is 24.3 Å². The largest absolute Gasteiger partial charge is 0.481 e. The maximum absolute atomic E-state index is 13.4. The number of fused-ring (bicyclic) bond motifs is 1. The van der Waals surface area contributed by atoms with Gasteiger partial charge in [-0.3, -0.25) is 19.2 Å². The van der Waals surface area contributed by atoms with Gasteiger partial charge in [0.15, 0.2) is 0 Å². The van der Waals surface area contributed by atoms with Crippen molar-refractivity contribution in [3.05, 3.63) is 0 Å². The molecule has 10 heteroatoms. The Morgan fingerprint density at radius 3 is 2.43 bits per heavy atom. The number of piperidine rings is 1. The zero-order chi connectivity index (χ0) is 21.4. The molecule has 2 heterocycles. The molecule has 2 atom stereocenters. The second kappa shape index (κ2) is 7.50. The van der Waals surface area contributed by atoms with Gasteiger partial charge in [-0.1, -0.05) is 0 Å². The van der Waals surface area contributed by atoms with Crippen LogP contribution in [0.3, 0.4) is 0 Å². The number of hydrogen-bond donors (Lipinski definition) is 1. The number of hydrogen-bond acceptors (Lipinski definition) is 6. The molecule has 0 aromatic heterocycles. The number of likely N-dealkylation sites (N-methyl/N-ethyl adjacent to an activating group) is 2. The Hall–Kier alpha value is -2.49. The minimum absolute atomic E-state index is 0.0524. The number of carboxylic acid groups (broad SMARTS) is 1. The van der Waals surface area contributed by atoms with E-state index >= 15 is 0 Å². The van der Waals surface area contributed by atoms with E-state index in [2.05, 4.69) is 5.10 Å². The summed E-state index contributed by atoms with van der Waals surface area (Å²) < 4.78 is 0. The monoisotopic (exact) mass is 395 g/mol. The smallest absolute Gasteiger partial charge is 0.306 e. The average molecular weight is 395 g/mol. The molecule has 2 rings (SSSR count). The first-order valence-electron chi connectivity index (χ1n) is 9.11. The summed E-state index contributed by atoms with van der Waals surface area (Å²) in [7, 11) is 6.46. The van der Waals surface area contributed by atoms with Gasteiger partial charge in [0.25, 0.3) is 5.91 Å². The van der Waals surface area contributed by atoms with Crippen LogP contribution in [0, 0.1) is 5.41 Å². The predicted molar refractivity (Wildman–Crippen MR) is 101 cm³/mol. The summed E-state index contributed by atoms with van der Waals surface area (Å²) in [4.78, 5) is 54.3. The first kappa shape index (κ1) is 21.8. The van der Waals surface area contributed by atoms with Crippen LogP contribution in [-0.2, 0) is 19.2 Å². The molecule has 0 radical (unpaired) electrons. The van der Waals surface area contributed by atoms with E-state index in [0.29, 0.717) is 13.0 Å². The van der Waals surface area contributed by atoms with Gasteiger partial charge < -0.3 is 19.8 Å². The molecule has 2 aliphatic rings. The molecule has 0 saturated carbocycles. The number of carboxylic acids is 1. The highest BCUT2D eigenvalue weighted by Gasteiger charge is 2.53. The summed E-state index contributed by atoms with van der Waals surface area (Å²) in [6.45, 7) is 3.69. The fourth-order valence-electron chi connectivity index (χ4n) is 3.80. The molecule has 1 N–H and O–H groups in total. The lowest BCUT2D eigenvalue weighted by Gasteiger charge is -2.44. The SMILES string of the molecule is CN(C)CC(=O)N(C)C(C)(CC(=O)O)C(=O)N1CCC2=NN(C)C(=O)C2(C)C1. The number of nitrogens with zero attached hydrogens (tertiary/aromatic N) is 5. The molecule has 0 aromatic rings. The summed E-state index contributed by atoms with van der Waals surface area (Å²) >= 11 is 0. The van der Waals surface area contributed by atoms with E-state index in [0.717, 1.165) is 5.71 Å². The van der Waals surface area contributed by atoms with Gasteiger partial charge >= 0.3 is 5.97 Å². The second-order valence-electron chi connectivity index (χ2n) is 8.22. The number of likely N-dealkylation sites (tertiary alicyclic amines) is 1. The van der Waals surface area contributed by atoms with Gasteiger partial charge in [0.2, 0.25) is 11.8 Å². The third-order valence-corrected chi connectivity index (χ3v) is 5.61. The molecule has 0 aromatic carbocycles. The summed E-state index contributed by atoms with van der Waals surface area (Å²) in [5.74, 6) is -2.21. The fourth-order valence-corrected chi connectivity index (χ4v) is 3.80. The van der Waals surface area contributed by atoms with Crippen LogP contribution in [0.5, 0.6) is 0 Å². The lowest BCUT2D eigenvalue weighted by molar-refractivity contribution is -0.158. The van der Waals surface area contributed by atoms with Gasteiger partial charge in [-0.25, -0.2) is 5.01 Å². The number of carbonyl (C=O) groups is 4. The van der Waals surface area contributed by atoms with Gasteiger partial charge in [0.05, 0.1) is 18.7 Å². The molecule has 0 spiro atoms. The van der Waals surface area contributed by atoms with Crippen LogP contribution in [0.25, 0.3) is 0 Å². The summed E-state index contributed by atoms with van der Waals surface area (Å²) in [6, 6.07) is 0. The summed E-state index contributed by atoms with van der Waals surface area (Å²) in [5, 5.41) is 14.9. The Balaban J connectivity index is 2.31.